The minimum atomic E-state index is -0.541. The van der Waals surface area contributed by atoms with Gasteiger partial charge < -0.3 is 5.32 Å². The largest absolute Gasteiger partial charge is 0.339 e. The Balaban J connectivity index is 2.09. The van der Waals surface area contributed by atoms with Crippen molar-refractivity contribution in [2.75, 3.05) is 19.8 Å². The molecule has 1 heterocycles. The molecule has 0 radical (unpaired) electrons. The van der Waals surface area contributed by atoms with Gasteiger partial charge in [-0.15, -0.1) is 0 Å². The predicted octanol–water partition coefficient (Wildman–Crippen LogP) is 0.118. The fourth-order valence-corrected chi connectivity index (χ4v) is 1.34. The van der Waals surface area contributed by atoms with E-state index < -0.39 is 6.03 Å². The van der Waals surface area contributed by atoms with E-state index in [1.54, 1.807) is 0 Å². The quantitative estimate of drug-likeness (QED) is 0.410. The third-order valence-electron chi connectivity index (χ3n) is 2.01. The molecule has 0 aromatic rings. The Hall–Kier alpha value is -0.810. The maximum Gasteiger partial charge on any atom is 0.339 e. The number of nitrogens with zero attached hydrogens (tertiary/aromatic N) is 1. The lowest BCUT2D eigenvalue weighted by Gasteiger charge is -2.26. The summed E-state index contributed by atoms with van der Waals surface area (Å²) in [6.07, 6.45) is 3.67. The minimum absolute atomic E-state index is 0.520. The molecule has 0 atom stereocenters. The Morgan fingerprint density at radius 1 is 1.33 bits per heavy atom. The van der Waals surface area contributed by atoms with E-state index in [1.165, 1.54) is 24.7 Å². The van der Waals surface area contributed by atoms with Crippen LogP contribution in [0, 0.1) is 0 Å². The maximum absolute atomic E-state index is 10.6. The van der Waals surface area contributed by atoms with Gasteiger partial charge in [-0.1, -0.05) is 6.42 Å². The molecular formula is C7H15N3O2. The summed E-state index contributed by atoms with van der Waals surface area (Å²) in [7, 11) is 0. The van der Waals surface area contributed by atoms with Crippen molar-refractivity contribution in [1.29, 1.82) is 0 Å². The monoisotopic (exact) mass is 173 g/mol. The van der Waals surface area contributed by atoms with E-state index in [4.69, 9.17) is 5.21 Å². The first-order valence-corrected chi connectivity index (χ1v) is 4.23. The lowest BCUT2D eigenvalue weighted by Crippen LogP contribution is -2.43. The van der Waals surface area contributed by atoms with E-state index >= 15 is 0 Å². The van der Waals surface area contributed by atoms with Crippen LogP contribution < -0.4 is 10.8 Å². The zero-order valence-corrected chi connectivity index (χ0v) is 7.05. The van der Waals surface area contributed by atoms with Gasteiger partial charge in [0.2, 0.25) is 0 Å². The lowest BCUT2D eigenvalue weighted by molar-refractivity contribution is 0.150. The minimum Gasteiger partial charge on any atom is -0.324 e. The first-order chi connectivity index (χ1) is 5.83. The molecule has 70 valence electrons. The van der Waals surface area contributed by atoms with Gasteiger partial charge in [-0.2, -0.15) is 0 Å². The molecule has 12 heavy (non-hydrogen) atoms. The number of likely N-dealkylation sites (tertiary alicyclic amines) is 1. The summed E-state index contributed by atoms with van der Waals surface area (Å²) in [4.78, 5) is 12.7. The molecule has 1 fully saturated rings. The van der Waals surface area contributed by atoms with Crippen LogP contribution in [0.3, 0.4) is 0 Å². The van der Waals surface area contributed by atoms with E-state index in [0.717, 1.165) is 13.1 Å². The number of urea groups is 1. The van der Waals surface area contributed by atoms with Crippen molar-refractivity contribution >= 4 is 6.03 Å². The highest BCUT2D eigenvalue weighted by Crippen LogP contribution is 2.06. The second-order valence-corrected chi connectivity index (χ2v) is 2.95. The van der Waals surface area contributed by atoms with Gasteiger partial charge in [-0.05, 0) is 25.9 Å². The molecule has 5 nitrogen and oxygen atoms in total. The highest BCUT2D eigenvalue weighted by atomic mass is 16.5. The number of hydrogen-bond acceptors (Lipinski definition) is 3. The normalized spacial score (nSPS) is 18.8. The van der Waals surface area contributed by atoms with Crippen molar-refractivity contribution in [1.82, 2.24) is 15.7 Å². The van der Waals surface area contributed by atoms with E-state index in [0.29, 0.717) is 6.67 Å². The van der Waals surface area contributed by atoms with Crippen molar-refractivity contribution in [2.24, 2.45) is 0 Å². The molecule has 0 aromatic heterocycles. The Morgan fingerprint density at radius 2 is 2.00 bits per heavy atom. The zero-order valence-electron chi connectivity index (χ0n) is 7.05. The van der Waals surface area contributed by atoms with Crippen LogP contribution in [0.25, 0.3) is 0 Å². The molecule has 1 saturated heterocycles. The summed E-state index contributed by atoms with van der Waals surface area (Å²) >= 11 is 0. The topological polar surface area (TPSA) is 64.6 Å². The van der Waals surface area contributed by atoms with E-state index in [1.807, 2.05) is 0 Å². The third-order valence-corrected chi connectivity index (χ3v) is 2.01. The van der Waals surface area contributed by atoms with Crippen LogP contribution in [0.5, 0.6) is 0 Å². The molecule has 0 spiro atoms. The highest BCUT2D eigenvalue weighted by Gasteiger charge is 2.09. The summed E-state index contributed by atoms with van der Waals surface area (Å²) in [6, 6.07) is -0.541. The number of amides is 2. The molecule has 1 aliphatic heterocycles. The van der Waals surface area contributed by atoms with Crippen molar-refractivity contribution in [3.05, 3.63) is 0 Å². The molecule has 1 aliphatic rings. The van der Waals surface area contributed by atoms with Gasteiger partial charge in [0.1, 0.15) is 0 Å². The SMILES string of the molecule is O=C(NO)NCN1CCCCC1. The summed E-state index contributed by atoms with van der Waals surface area (Å²) < 4.78 is 0. The molecule has 2 amide bonds. The van der Waals surface area contributed by atoms with Gasteiger partial charge in [0.15, 0.2) is 0 Å². The molecule has 0 aliphatic carbocycles. The summed E-state index contributed by atoms with van der Waals surface area (Å²) in [6.45, 7) is 2.59. The van der Waals surface area contributed by atoms with Gasteiger partial charge in [0, 0.05) is 0 Å². The number of rotatable bonds is 2. The Morgan fingerprint density at radius 3 is 2.58 bits per heavy atom. The Labute approximate surface area is 71.7 Å². The van der Waals surface area contributed by atoms with Crippen molar-refractivity contribution in [2.45, 2.75) is 19.3 Å². The number of carbonyl (C=O) groups is 1. The van der Waals surface area contributed by atoms with Gasteiger partial charge >= 0.3 is 6.03 Å². The molecule has 0 aromatic carbocycles. The summed E-state index contributed by atoms with van der Waals surface area (Å²) in [5.41, 5.74) is 1.53. The fourth-order valence-electron chi connectivity index (χ4n) is 1.34. The van der Waals surface area contributed by atoms with Crippen LogP contribution >= 0.6 is 0 Å². The van der Waals surface area contributed by atoms with E-state index in [-0.39, 0.29) is 0 Å². The smallest absolute Gasteiger partial charge is 0.324 e. The van der Waals surface area contributed by atoms with Crippen molar-refractivity contribution in [3.8, 4) is 0 Å². The second kappa shape index (κ2) is 4.95. The Kier molecular flexibility index (Phi) is 3.83. The number of nitrogens with one attached hydrogen (secondary N) is 2. The van der Waals surface area contributed by atoms with Crippen molar-refractivity contribution < 1.29 is 10.0 Å². The molecule has 0 unspecified atom stereocenters. The molecular weight excluding hydrogens is 158 g/mol. The van der Waals surface area contributed by atoms with Gasteiger partial charge in [-0.3, -0.25) is 10.1 Å². The molecule has 0 bridgehead atoms. The van der Waals surface area contributed by atoms with Gasteiger partial charge in [0.25, 0.3) is 0 Å². The third kappa shape index (κ3) is 3.06. The average molecular weight is 173 g/mol. The van der Waals surface area contributed by atoms with Crippen LogP contribution in [0.1, 0.15) is 19.3 Å². The van der Waals surface area contributed by atoms with Crippen molar-refractivity contribution in [3.63, 3.8) is 0 Å². The highest BCUT2D eigenvalue weighted by molar-refractivity contribution is 5.72. The summed E-state index contributed by atoms with van der Waals surface area (Å²) in [5, 5.41) is 10.7. The molecule has 1 rings (SSSR count). The first-order valence-electron chi connectivity index (χ1n) is 4.23. The van der Waals surface area contributed by atoms with Crippen LogP contribution in [0.15, 0.2) is 0 Å². The van der Waals surface area contributed by atoms with Gasteiger partial charge in [0.05, 0.1) is 6.67 Å². The number of hydrogen-bond donors (Lipinski definition) is 3. The number of hydroxylamine groups is 1. The predicted molar refractivity (Wildman–Crippen MR) is 43.7 cm³/mol. The average Bonchev–Trinajstić information content (AvgIpc) is 2.16. The summed E-state index contributed by atoms with van der Waals surface area (Å²) in [5.74, 6) is 0. The molecule has 0 saturated carbocycles. The first kappa shape index (κ1) is 9.28. The standard InChI is InChI=1S/C7H15N3O2/c11-7(9-12)8-6-10-4-2-1-3-5-10/h12H,1-6H2,(H2,8,9,11). The lowest BCUT2D eigenvalue weighted by atomic mass is 10.1. The Bertz CT molecular complexity index is 146. The number of piperidine rings is 1. The maximum atomic E-state index is 10.6. The van der Waals surface area contributed by atoms with Crippen LogP contribution in [0.4, 0.5) is 4.79 Å². The molecule has 3 N–H and O–H groups in total. The zero-order chi connectivity index (χ0) is 8.81. The fraction of sp³-hybridized carbons (Fsp3) is 0.857. The van der Waals surface area contributed by atoms with Crippen LogP contribution in [-0.4, -0.2) is 35.9 Å². The number of carbonyl (C=O) groups excluding carboxylic acids is 1. The van der Waals surface area contributed by atoms with E-state index in [2.05, 4.69) is 10.2 Å². The second-order valence-electron chi connectivity index (χ2n) is 2.95. The van der Waals surface area contributed by atoms with E-state index in [9.17, 15) is 4.79 Å². The van der Waals surface area contributed by atoms with Crippen LogP contribution in [-0.2, 0) is 0 Å². The van der Waals surface area contributed by atoms with Crippen LogP contribution in [0.2, 0.25) is 0 Å². The molecule has 5 heteroatoms. The van der Waals surface area contributed by atoms with Gasteiger partial charge in [-0.25, -0.2) is 10.3 Å².